The minimum atomic E-state index is -4.27. The Balaban J connectivity index is 2.13. The highest BCUT2D eigenvalue weighted by Crippen LogP contribution is 2.27. The summed E-state index contributed by atoms with van der Waals surface area (Å²) in [5, 5.41) is 12.8. The fourth-order valence-corrected chi connectivity index (χ4v) is 3.41. The predicted octanol–water partition coefficient (Wildman–Crippen LogP) is 5.22. The number of carbonyl (C=O) groups excluding carboxylic acids is 2. The molecular formula is C25H29F3N2O6. The Morgan fingerprint density at radius 1 is 1.31 bits per heavy atom. The lowest BCUT2D eigenvalue weighted by Crippen LogP contribution is -2.17. The maximum absolute atomic E-state index is 12.9. The van der Waals surface area contributed by atoms with E-state index in [4.69, 9.17) is 4.42 Å². The molecule has 0 aliphatic rings. The zero-order valence-electron chi connectivity index (χ0n) is 20.4. The monoisotopic (exact) mass is 510 g/mol. The van der Waals surface area contributed by atoms with Crippen molar-refractivity contribution in [2.75, 3.05) is 7.11 Å². The van der Waals surface area contributed by atoms with Crippen LogP contribution in [0.4, 0.5) is 18.0 Å². The van der Waals surface area contributed by atoms with Crippen LogP contribution in [-0.2, 0) is 18.2 Å². The zero-order valence-corrected chi connectivity index (χ0v) is 20.4. The number of rotatable bonds is 10. The molecule has 196 valence electrons. The van der Waals surface area contributed by atoms with Crippen LogP contribution in [0.5, 0.6) is 5.75 Å². The van der Waals surface area contributed by atoms with E-state index >= 15 is 0 Å². The first-order valence-electron chi connectivity index (χ1n) is 11.1. The minimum Gasteiger partial charge on any atom is -0.507 e. The van der Waals surface area contributed by atoms with Crippen LogP contribution < -0.4 is 10.9 Å². The summed E-state index contributed by atoms with van der Waals surface area (Å²) in [4.78, 5) is 36.4. The number of amides is 1. The average molecular weight is 511 g/mol. The topological polar surface area (TPSA) is 111 Å². The van der Waals surface area contributed by atoms with Crippen LogP contribution in [0.2, 0.25) is 0 Å². The molecule has 1 atom stereocenters. The third-order valence-electron chi connectivity index (χ3n) is 5.45. The van der Waals surface area contributed by atoms with Crippen molar-refractivity contribution in [3.8, 4) is 5.75 Å². The first kappa shape index (κ1) is 28.5. The van der Waals surface area contributed by atoms with Gasteiger partial charge in [-0.05, 0) is 49.5 Å². The molecule has 11 heteroatoms. The molecule has 8 nitrogen and oxygen atoms in total. The van der Waals surface area contributed by atoms with Crippen LogP contribution in [0.3, 0.4) is 0 Å². The van der Waals surface area contributed by atoms with Gasteiger partial charge >= 0.3 is 17.9 Å². The number of ketones is 1. The second-order valence-corrected chi connectivity index (χ2v) is 8.37. The number of ether oxygens (including phenoxy) is 1. The van der Waals surface area contributed by atoms with Gasteiger partial charge in [0.2, 0.25) is 0 Å². The molecule has 0 spiro atoms. The Morgan fingerprint density at radius 3 is 2.61 bits per heavy atom. The molecule has 2 heterocycles. The van der Waals surface area contributed by atoms with E-state index in [2.05, 4.69) is 10.1 Å². The molecule has 2 aromatic rings. The molecule has 36 heavy (non-hydrogen) atoms. The number of methoxy groups -OCH3 is 1. The van der Waals surface area contributed by atoms with Crippen molar-refractivity contribution in [2.45, 2.75) is 51.6 Å². The number of carbonyl (C=O) groups is 2. The number of halogens is 3. The van der Waals surface area contributed by atoms with Crippen LogP contribution in [-0.4, -0.2) is 34.8 Å². The van der Waals surface area contributed by atoms with Gasteiger partial charge < -0.3 is 18.8 Å². The standard InChI is InChI=1S/C25H29F3N2O6/c1-15(7-5-6-10-29-24(34)35-4)20-13-19(31)21(23(33)36-20)22(32)16(2)11-18-12-17(14-30(18)3)8-9-25(26,27)28/h6,10-15,31H,5,7-9H2,1-4H3,(H,29,34)/b10-6+,16-11+. The van der Waals surface area contributed by atoms with Crippen LogP contribution >= 0.6 is 0 Å². The number of alkyl carbamates (subject to hydrolysis) is 1. The van der Waals surface area contributed by atoms with E-state index in [1.807, 2.05) is 0 Å². The fraction of sp³-hybridized carbons (Fsp3) is 0.400. The minimum absolute atomic E-state index is 0.102. The smallest absolute Gasteiger partial charge is 0.410 e. The van der Waals surface area contributed by atoms with Crippen molar-refractivity contribution in [2.24, 2.45) is 7.05 Å². The highest BCUT2D eigenvalue weighted by Gasteiger charge is 2.27. The van der Waals surface area contributed by atoms with E-state index in [0.29, 0.717) is 24.1 Å². The van der Waals surface area contributed by atoms with E-state index < -0.39 is 41.4 Å². The number of aromatic nitrogens is 1. The number of alkyl halides is 3. The first-order chi connectivity index (χ1) is 16.8. The lowest BCUT2D eigenvalue weighted by atomic mass is 9.99. The molecule has 0 aromatic carbocycles. The summed E-state index contributed by atoms with van der Waals surface area (Å²) in [6, 6.07) is 2.76. The molecular weight excluding hydrogens is 481 g/mol. The van der Waals surface area contributed by atoms with Gasteiger partial charge in [-0.2, -0.15) is 13.2 Å². The van der Waals surface area contributed by atoms with Gasteiger partial charge in [0.1, 0.15) is 17.1 Å². The van der Waals surface area contributed by atoms with Crippen molar-refractivity contribution in [1.82, 2.24) is 9.88 Å². The lowest BCUT2D eigenvalue weighted by molar-refractivity contribution is -0.134. The molecule has 0 saturated heterocycles. The van der Waals surface area contributed by atoms with E-state index in [9.17, 15) is 32.7 Å². The van der Waals surface area contributed by atoms with Crippen LogP contribution in [0.1, 0.15) is 66.4 Å². The molecule has 1 unspecified atom stereocenters. The number of hydrogen-bond donors (Lipinski definition) is 2. The first-order valence-corrected chi connectivity index (χ1v) is 11.1. The quantitative estimate of drug-likeness (QED) is 0.335. The van der Waals surface area contributed by atoms with E-state index in [1.54, 1.807) is 24.6 Å². The van der Waals surface area contributed by atoms with Crippen LogP contribution in [0.25, 0.3) is 6.08 Å². The van der Waals surface area contributed by atoms with Gasteiger partial charge in [0.15, 0.2) is 5.78 Å². The highest BCUT2D eigenvalue weighted by atomic mass is 19.4. The van der Waals surface area contributed by atoms with Crippen LogP contribution in [0.15, 0.2) is 45.4 Å². The molecule has 2 rings (SSSR count). The predicted molar refractivity (Wildman–Crippen MR) is 127 cm³/mol. The van der Waals surface area contributed by atoms with Gasteiger partial charge in [-0.1, -0.05) is 13.0 Å². The Kier molecular flexibility index (Phi) is 9.71. The number of nitrogens with one attached hydrogen (secondary N) is 1. The number of hydrogen-bond acceptors (Lipinski definition) is 6. The molecule has 1 amide bonds. The van der Waals surface area contributed by atoms with Gasteiger partial charge in [0.05, 0.1) is 7.11 Å². The number of allylic oxidation sites excluding steroid dienone is 2. The summed E-state index contributed by atoms with van der Waals surface area (Å²) >= 11 is 0. The number of aryl methyl sites for hydroxylation is 2. The SMILES string of the molecule is COC(=O)N/C=C/CCC(C)c1cc(O)c(C(=O)/C(C)=C/c2cc(CCC(F)(F)F)cn2C)c(=O)o1. The third kappa shape index (κ3) is 8.17. The highest BCUT2D eigenvalue weighted by molar-refractivity contribution is 6.12. The van der Waals surface area contributed by atoms with Gasteiger partial charge in [-0.15, -0.1) is 0 Å². The van der Waals surface area contributed by atoms with Gasteiger partial charge in [-0.25, -0.2) is 9.59 Å². The summed E-state index contributed by atoms with van der Waals surface area (Å²) in [7, 11) is 2.87. The number of Topliss-reactive ketones (excluding diaryl/α,β-unsaturated/α-hetero) is 1. The second-order valence-electron chi connectivity index (χ2n) is 8.37. The maximum atomic E-state index is 12.9. The second kappa shape index (κ2) is 12.3. The molecule has 0 aliphatic heterocycles. The Bertz CT molecular complexity index is 1210. The Morgan fingerprint density at radius 2 is 2.00 bits per heavy atom. The van der Waals surface area contributed by atoms with Crippen molar-refractivity contribution >= 4 is 18.0 Å². The molecule has 2 aromatic heterocycles. The van der Waals surface area contributed by atoms with Crippen molar-refractivity contribution < 1.29 is 37.0 Å². The zero-order chi connectivity index (χ0) is 27.0. The summed E-state index contributed by atoms with van der Waals surface area (Å²) in [5.74, 6) is -1.35. The normalized spacial score (nSPS) is 13.1. The molecule has 0 aliphatic carbocycles. The van der Waals surface area contributed by atoms with Crippen molar-refractivity contribution in [1.29, 1.82) is 0 Å². The van der Waals surface area contributed by atoms with Crippen LogP contribution in [0, 0.1) is 0 Å². The van der Waals surface area contributed by atoms with Gasteiger partial charge in [-0.3, -0.25) is 10.1 Å². The third-order valence-corrected chi connectivity index (χ3v) is 5.45. The summed E-state index contributed by atoms with van der Waals surface area (Å²) < 4.78 is 48.8. The lowest BCUT2D eigenvalue weighted by Gasteiger charge is -2.11. The molecule has 0 fully saturated rings. The van der Waals surface area contributed by atoms with Crippen molar-refractivity contribution in [3.05, 3.63) is 69.2 Å². The Labute approximate surface area is 206 Å². The molecule has 2 N–H and O–H groups in total. The van der Waals surface area contributed by atoms with Crippen molar-refractivity contribution in [3.63, 3.8) is 0 Å². The summed E-state index contributed by atoms with van der Waals surface area (Å²) in [5.41, 5.74) is -0.478. The fourth-order valence-electron chi connectivity index (χ4n) is 3.41. The Hall–Kier alpha value is -3.76. The number of aromatic hydroxyl groups is 1. The van der Waals surface area contributed by atoms with E-state index in [1.165, 1.54) is 44.6 Å². The largest absolute Gasteiger partial charge is 0.507 e. The summed E-state index contributed by atoms with van der Waals surface area (Å²) in [6.45, 7) is 3.21. The maximum Gasteiger partial charge on any atom is 0.410 e. The molecule has 0 bridgehead atoms. The number of nitrogens with zero attached hydrogens (tertiary/aromatic N) is 1. The summed E-state index contributed by atoms with van der Waals surface area (Å²) in [6.07, 6.45) is 1.11. The van der Waals surface area contributed by atoms with E-state index in [0.717, 1.165) is 0 Å². The molecule has 0 saturated carbocycles. The van der Waals surface area contributed by atoms with E-state index in [-0.39, 0.29) is 23.7 Å². The molecule has 0 radical (unpaired) electrons. The van der Waals surface area contributed by atoms with Gasteiger partial charge in [0, 0.05) is 43.5 Å². The van der Waals surface area contributed by atoms with Gasteiger partial charge in [0.25, 0.3) is 0 Å². The average Bonchev–Trinajstić information content (AvgIpc) is 3.15.